The second-order valence-electron chi connectivity index (χ2n) is 7.25. The summed E-state index contributed by atoms with van der Waals surface area (Å²) in [6.45, 7) is 3.66. The van der Waals surface area contributed by atoms with Crippen LogP contribution >= 0.6 is 0 Å². The third-order valence-electron chi connectivity index (χ3n) is 5.00. The van der Waals surface area contributed by atoms with Gasteiger partial charge in [-0.1, -0.05) is 0 Å². The van der Waals surface area contributed by atoms with Gasteiger partial charge < -0.3 is 29.3 Å². The molecule has 3 heterocycles. The van der Waals surface area contributed by atoms with Crippen molar-refractivity contribution in [2.45, 2.75) is 38.2 Å². The van der Waals surface area contributed by atoms with E-state index in [-0.39, 0.29) is 0 Å². The molecule has 156 valence electrons. The predicted molar refractivity (Wildman–Crippen MR) is 112 cm³/mol. The fourth-order valence-electron chi connectivity index (χ4n) is 3.47. The van der Waals surface area contributed by atoms with Gasteiger partial charge in [-0.15, -0.1) is 0 Å². The third-order valence-corrected chi connectivity index (χ3v) is 5.00. The van der Waals surface area contributed by atoms with Gasteiger partial charge in [0.15, 0.2) is 17.5 Å². The highest BCUT2D eigenvalue weighted by Gasteiger charge is 2.15. The van der Waals surface area contributed by atoms with Gasteiger partial charge >= 0.3 is 0 Å². The molecule has 1 atom stereocenters. The number of guanidine groups is 1. The van der Waals surface area contributed by atoms with Crippen molar-refractivity contribution in [1.82, 2.24) is 5.32 Å². The van der Waals surface area contributed by atoms with E-state index in [1.54, 1.807) is 6.26 Å². The molecule has 4 rings (SSSR count). The minimum absolute atomic E-state index is 0.334. The highest BCUT2D eigenvalue weighted by molar-refractivity contribution is 5.94. The van der Waals surface area contributed by atoms with Crippen molar-refractivity contribution in [2.75, 3.05) is 38.2 Å². The quantitative estimate of drug-likeness (QED) is 0.547. The zero-order valence-electron chi connectivity index (χ0n) is 16.7. The smallest absolute Gasteiger partial charge is 0.195 e. The van der Waals surface area contributed by atoms with Crippen LogP contribution in [-0.2, 0) is 11.2 Å². The van der Waals surface area contributed by atoms with Gasteiger partial charge in [-0.25, -0.2) is 0 Å². The van der Waals surface area contributed by atoms with Crippen LogP contribution < -0.4 is 20.1 Å². The van der Waals surface area contributed by atoms with E-state index in [4.69, 9.17) is 23.6 Å². The lowest BCUT2D eigenvalue weighted by Gasteiger charge is -2.15. The Morgan fingerprint density at radius 1 is 1.07 bits per heavy atom. The van der Waals surface area contributed by atoms with Crippen LogP contribution in [0.4, 0.5) is 5.69 Å². The van der Waals surface area contributed by atoms with Gasteiger partial charge in [0.05, 0.1) is 25.6 Å². The standard InChI is InChI=1S/C22H29N3O4/c1-4-18(26-12-1)8-10-23-22(24-11-9-19-5-2-13-27-19)25-17-6-7-20-21(16-17)29-15-3-14-28-20/h1,4,6-7,12,16,19H,2-3,5,8-11,13-15H2,(H2,23,24,25). The fraction of sp³-hybridized carbons (Fsp3) is 0.500. The number of nitrogens with zero attached hydrogens (tertiary/aromatic N) is 1. The third kappa shape index (κ3) is 5.90. The summed E-state index contributed by atoms with van der Waals surface area (Å²) in [6, 6.07) is 9.77. The molecule has 29 heavy (non-hydrogen) atoms. The van der Waals surface area contributed by atoms with E-state index >= 15 is 0 Å². The van der Waals surface area contributed by atoms with E-state index in [1.165, 1.54) is 0 Å². The Kier molecular flexibility index (Phi) is 6.91. The molecule has 1 aromatic carbocycles. The van der Waals surface area contributed by atoms with Crippen molar-refractivity contribution >= 4 is 11.6 Å². The van der Waals surface area contributed by atoms with Gasteiger partial charge in [0.25, 0.3) is 0 Å². The predicted octanol–water partition coefficient (Wildman–Crippen LogP) is 3.61. The summed E-state index contributed by atoms with van der Waals surface area (Å²) in [7, 11) is 0. The number of hydrogen-bond acceptors (Lipinski definition) is 5. The van der Waals surface area contributed by atoms with E-state index in [9.17, 15) is 0 Å². The summed E-state index contributed by atoms with van der Waals surface area (Å²) in [5.74, 6) is 3.24. The largest absolute Gasteiger partial charge is 0.490 e. The highest BCUT2D eigenvalue weighted by Crippen LogP contribution is 2.32. The van der Waals surface area contributed by atoms with Crippen molar-refractivity contribution in [3.63, 3.8) is 0 Å². The Hall–Kier alpha value is -2.67. The molecule has 0 radical (unpaired) electrons. The first-order chi connectivity index (χ1) is 14.4. The number of anilines is 1. The van der Waals surface area contributed by atoms with Gasteiger partial charge in [0, 0.05) is 44.3 Å². The lowest BCUT2D eigenvalue weighted by molar-refractivity contribution is 0.106. The summed E-state index contributed by atoms with van der Waals surface area (Å²) in [5, 5.41) is 6.78. The van der Waals surface area contributed by atoms with Crippen molar-refractivity contribution in [3.8, 4) is 11.5 Å². The van der Waals surface area contributed by atoms with E-state index in [0.717, 1.165) is 74.2 Å². The maximum Gasteiger partial charge on any atom is 0.195 e. The van der Waals surface area contributed by atoms with Crippen LogP contribution in [0.2, 0.25) is 0 Å². The number of hydrogen-bond donors (Lipinski definition) is 2. The average Bonchev–Trinajstić information content (AvgIpc) is 3.39. The zero-order chi connectivity index (χ0) is 19.7. The number of fused-ring (bicyclic) bond motifs is 1. The lowest BCUT2D eigenvalue weighted by Crippen LogP contribution is -2.32. The van der Waals surface area contributed by atoms with Gasteiger partial charge in [-0.2, -0.15) is 0 Å². The second-order valence-corrected chi connectivity index (χ2v) is 7.25. The van der Waals surface area contributed by atoms with Crippen molar-refractivity contribution < 1.29 is 18.6 Å². The molecule has 0 spiro atoms. The molecule has 1 unspecified atom stereocenters. The summed E-state index contributed by atoms with van der Waals surface area (Å²) in [6.07, 6.45) is 6.93. The molecule has 2 aliphatic rings. The monoisotopic (exact) mass is 399 g/mol. The molecule has 1 saturated heterocycles. The minimum Gasteiger partial charge on any atom is -0.490 e. The van der Waals surface area contributed by atoms with E-state index in [0.29, 0.717) is 25.9 Å². The van der Waals surface area contributed by atoms with Crippen LogP contribution in [0.3, 0.4) is 0 Å². The first kappa shape index (κ1) is 19.6. The second kappa shape index (κ2) is 10.2. The number of furan rings is 1. The number of nitrogens with one attached hydrogen (secondary N) is 2. The van der Waals surface area contributed by atoms with Crippen LogP contribution in [0, 0.1) is 0 Å². The topological polar surface area (TPSA) is 77.3 Å². The molecule has 0 aliphatic carbocycles. The Morgan fingerprint density at radius 2 is 2.00 bits per heavy atom. The molecule has 2 aromatic rings. The Bertz CT molecular complexity index is 785. The minimum atomic E-state index is 0.334. The van der Waals surface area contributed by atoms with Crippen molar-refractivity contribution in [1.29, 1.82) is 0 Å². The van der Waals surface area contributed by atoms with E-state index < -0.39 is 0 Å². The molecule has 2 aliphatic heterocycles. The Labute approximate surface area is 171 Å². The fourth-order valence-corrected chi connectivity index (χ4v) is 3.47. The van der Waals surface area contributed by atoms with Gasteiger partial charge in [0.1, 0.15) is 5.76 Å². The average molecular weight is 399 g/mol. The maximum absolute atomic E-state index is 5.80. The number of ether oxygens (including phenoxy) is 3. The maximum atomic E-state index is 5.80. The zero-order valence-corrected chi connectivity index (χ0v) is 16.7. The normalized spacial score (nSPS) is 19.0. The van der Waals surface area contributed by atoms with E-state index in [2.05, 4.69) is 10.6 Å². The van der Waals surface area contributed by atoms with Crippen molar-refractivity contribution in [2.24, 2.45) is 4.99 Å². The number of benzene rings is 1. The Balaban J connectivity index is 1.38. The molecule has 0 bridgehead atoms. The number of rotatable bonds is 7. The van der Waals surface area contributed by atoms with Gasteiger partial charge in [-0.05, 0) is 43.5 Å². The first-order valence-corrected chi connectivity index (χ1v) is 10.5. The van der Waals surface area contributed by atoms with Crippen LogP contribution in [0.15, 0.2) is 46.0 Å². The van der Waals surface area contributed by atoms with Crippen LogP contribution in [0.1, 0.15) is 31.4 Å². The molecule has 1 aromatic heterocycles. The summed E-state index contributed by atoms with van der Waals surface area (Å²) in [5.41, 5.74) is 0.913. The van der Waals surface area contributed by atoms with Crippen molar-refractivity contribution in [3.05, 3.63) is 42.4 Å². The van der Waals surface area contributed by atoms with Gasteiger partial charge in [0.2, 0.25) is 0 Å². The van der Waals surface area contributed by atoms with Crippen LogP contribution in [0.25, 0.3) is 0 Å². The molecule has 1 fully saturated rings. The van der Waals surface area contributed by atoms with Crippen LogP contribution in [-0.4, -0.2) is 45.0 Å². The Morgan fingerprint density at radius 3 is 2.83 bits per heavy atom. The molecule has 0 amide bonds. The summed E-state index contributed by atoms with van der Waals surface area (Å²) in [4.78, 5) is 4.74. The molecule has 0 saturated carbocycles. The SMILES string of the molecule is c1coc(CCNC(=NCCC2CCCO2)Nc2ccc3c(c2)OCCCO3)c1. The summed E-state index contributed by atoms with van der Waals surface area (Å²) < 4.78 is 22.6. The molecule has 7 nitrogen and oxygen atoms in total. The highest BCUT2D eigenvalue weighted by atomic mass is 16.5. The number of aliphatic imine (C=N–C) groups is 1. The summed E-state index contributed by atoms with van der Waals surface area (Å²) >= 11 is 0. The molecular weight excluding hydrogens is 370 g/mol. The molecular formula is C22H29N3O4. The van der Waals surface area contributed by atoms with Gasteiger partial charge in [-0.3, -0.25) is 4.99 Å². The molecule has 2 N–H and O–H groups in total. The van der Waals surface area contributed by atoms with Crippen LogP contribution in [0.5, 0.6) is 11.5 Å². The first-order valence-electron chi connectivity index (χ1n) is 10.5. The molecule has 7 heteroatoms. The lowest BCUT2D eigenvalue weighted by atomic mass is 10.2. The van der Waals surface area contributed by atoms with E-state index in [1.807, 2.05) is 30.3 Å².